The fraction of sp³-hybridized carbons (Fsp3) is 0.700. The summed E-state index contributed by atoms with van der Waals surface area (Å²) in [7, 11) is 1.89. The average molecular weight is 224 g/mol. The summed E-state index contributed by atoms with van der Waals surface area (Å²) < 4.78 is 1.86. The van der Waals surface area contributed by atoms with Crippen LogP contribution in [-0.4, -0.2) is 43.8 Å². The van der Waals surface area contributed by atoms with Crippen LogP contribution in [0.25, 0.3) is 0 Å². The number of hydrogen-bond acceptors (Lipinski definition) is 4. The molecule has 1 aliphatic heterocycles. The highest BCUT2D eigenvalue weighted by Crippen LogP contribution is 2.24. The highest BCUT2D eigenvalue weighted by Gasteiger charge is 2.34. The molecule has 6 nitrogen and oxygen atoms in total. The van der Waals surface area contributed by atoms with Gasteiger partial charge in [-0.1, -0.05) is 6.92 Å². The normalized spacial score (nSPS) is 26.1. The molecule has 2 rings (SSSR count). The summed E-state index contributed by atoms with van der Waals surface area (Å²) in [4.78, 5) is 13.1. The molecule has 1 saturated heterocycles. The van der Waals surface area contributed by atoms with E-state index in [0.717, 1.165) is 12.4 Å². The molecule has 0 saturated carbocycles. The van der Waals surface area contributed by atoms with Gasteiger partial charge in [-0.15, -0.1) is 10.2 Å². The Kier molecular flexibility index (Phi) is 2.91. The molecule has 0 amide bonds. The van der Waals surface area contributed by atoms with Crippen molar-refractivity contribution in [1.82, 2.24) is 19.7 Å². The van der Waals surface area contributed by atoms with Gasteiger partial charge in [0.1, 0.15) is 12.2 Å². The van der Waals surface area contributed by atoms with Crippen molar-refractivity contribution in [3.8, 4) is 0 Å². The number of carboxylic acids is 1. The van der Waals surface area contributed by atoms with E-state index in [0.29, 0.717) is 13.1 Å². The maximum Gasteiger partial charge on any atom is 0.308 e. The molecule has 0 aromatic carbocycles. The van der Waals surface area contributed by atoms with Gasteiger partial charge in [0.2, 0.25) is 0 Å². The molecule has 1 aromatic rings. The average Bonchev–Trinajstić information content (AvgIpc) is 2.75. The van der Waals surface area contributed by atoms with Crippen molar-refractivity contribution in [2.24, 2.45) is 18.9 Å². The highest BCUT2D eigenvalue weighted by molar-refractivity contribution is 5.71. The van der Waals surface area contributed by atoms with Crippen LogP contribution in [0.5, 0.6) is 0 Å². The van der Waals surface area contributed by atoms with Gasteiger partial charge >= 0.3 is 5.97 Å². The smallest absolute Gasteiger partial charge is 0.308 e. The maximum absolute atomic E-state index is 11.0. The fourth-order valence-corrected chi connectivity index (χ4v) is 2.17. The lowest BCUT2D eigenvalue weighted by molar-refractivity contribution is -0.142. The molecule has 1 aliphatic rings. The zero-order chi connectivity index (χ0) is 11.7. The summed E-state index contributed by atoms with van der Waals surface area (Å²) in [6, 6.07) is 0. The minimum atomic E-state index is -0.701. The molecule has 0 unspecified atom stereocenters. The summed E-state index contributed by atoms with van der Waals surface area (Å²) >= 11 is 0. The van der Waals surface area contributed by atoms with Gasteiger partial charge in [0.15, 0.2) is 0 Å². The zero-order valence-electron chi connectivity index (χ0n) is 9.50. The van der Waals surface area contributed by atoms with Crippen LogP contribution >= 0.6 is 0 Å². The first kappa shape index (κ1) is 11.1. The largest absolute Gasteiger partial charge is 0.481 e. The predicted molar refractivity (Wildman–Crippen MR) is 56.6 cm³/mol. The Morgan fingerprint density at radius 3 is 2.88 bits per heavy atom. The summed E-state index contributed by atoms with van der Waals surface area (Å²) in [5.74, 6) is 0.116. The molecule has 0 bridgehead atoms. The minimum absolute atomic E-state index is 0.200. The summed E-state index contributed by atoms with van der Waals surface area (Å²) in [5, 5.41) is 16.8. The lowest BCUT2D eigenvalue weighted by Crippen LogP contribution is -2.24. The van der Waals surface area contributed by atoms with Crippen LogP contribution in [0.2, 0.25) is 0 Å². The molecule has 1 aromatic heterocycles. The molecular weight excluding hydrogens is 208 g/mol. The first-order valence-corrected chi connectivity index (χ1v) is 5.36. The number of carboxylic acid groups (broad SMARTS) is 1. The van der Waals surface area contributed by atoms with Crippen LogP contribution in [0, 0.1) is 11.8 Å². The second kappa shape index (κ2) is 4.21. The van der Waals surface area contributed by atoms with E-state index in [4.69, 9.17) is 5.11 Å². The van der Waals surface area contributed by atoms with Gasteiger partial charge in [0, 0.05) is 20.1 Å². The molecule has 6 heteroatoms. The Balaban J connectivity index is 1.99. The van der Waals surface area contributed by atoms with Gasteiger partial charge in [-0.3, -0.25) is 9.69 Å². The Morgan fingerprint density at radius 2 is 2.38 bits per heavy atom. The third-order valence-corrected chi connectivity index (χ3v) is 3.18. The van der Waals surface area contributed by atoms with Crippen molar-refractivity contribution in [2.75, 3.05) is 13.1 Å². The molecule has 1 fully saturated rings. The lowest BCUT2D eigenvalue weighted by Gasteiger charge is -2.13. The number of rotatable bonds is 3. The Morgan fingerprint density at radius 1 is 1.62 bits per heavy atom. The van der Waals surface area contributed by atoms with E-state index in [-0.39, 0.29) is 11.8 Å². The second-order valence-corrected chi connectivity index (χ2v) is 4.47. The van der Waals surface area contributed by atoms with E-state index < -0.39 is 5.97 Å². The van der Waals surface area contributed by atoms with Gasteiger partial charge in [0.05, 0.1) is 12.5 Å². The van der Waals surface area contributed by atoms with Gasteiger partial charge in [-0.05, 0) is 5.92 Å². The van der Waals surface area contributed by atoms with E-state index in [1.54, 1.807) is 6.33 Å². The monoisotopic (exact) mass is 224 g/mol. The Bertz CT molecular complexity index is 390. The summed E-state index contributed by atoms with van der Waals surface area (Å²) in [6.07, 6.45) is 1.66. The molecule has 16 heavy (non-hydrogen) atoms. The zero-order valence-corrected chi connectivity index (χ0v) is 9.50. The molecule has 2 atom stereocenters. The molecular formula is C10H16N4O2. The van der Waals surface area contributed by atoms with Gasteiger partial charge in [0.25, 0.3) is 0 Å². The van der Waals surface area contributed by atoms with Gasteiger partial charge in [-0.25, -0.2) is 0 Å². The molecule has 88 valence electrons. The molecule has 0 aliphatic carbocycles. The minimum Gasteiger partial charge on any atom is -0.481 e. The number of aliphatic carboxylic acids is 1. The van der Waals surface area contributed by atoms with Crippen molar-refractivity contribution in [3.63, 3.8) is 0 Å². The standard InChI is InChI=1S/C10H16N4O2/c1-7-3-14(4-8(7)10(15)16)5-9-12-11-6-13(9)2/h6-8H,3-5H2,1-2H3,(H,15,16)/t7-,8-/m1/s1. The fourth-order valence-electron chi connectivity index (χ4n) is 2.17. The maximum atomic E-state index is 11.0. The number of aromatic nitrogens is 3. The predicted octanol–water partition coefficient (Wildman–Crippen LogP) is -0.0324. The van der Waals surface area contributed by atoms with E-state index in [2.05, 4.69) is 15.1 Å². The van der Waals surface area contributed by atoms with Crippen LogP contribution in [0.1, 0.15) is 12.7 Å². The van der Waals surface area contributed by atoms with E-state index >= 15 is 0 Å². The summed E-state index contributed by atoms with van der Waals surface area (Å²) in [5.41, 5.74) is 0. The molecule has 2 heterocycles. The van der Waals surface area contributed by atoms with Crippen molar-refractivity contribution in [1.29, 1.82) is 0 Å². The quantitative estimate of drug-likeness (QED) is 0.780. The van der Waals surface area contributed by atoms with Crippen LogP contribution in [0.3, 0.4) is 0 Å². The van der Waals surface area contributed by atoms with Crippen molar-refractivity contribution < 1.29 is 9.90 Å². The van der Waals surface area contributed by atoms with E-state index in [1.165, 1.54) is 0 Å². The summed E-state index contributed by atoms with van der Waals surface area (Å²) in [6.45, 7) is 4.06. The topological polar surface area (TPSA) is 71.2 Å². The van der Waals surface area contributed by atoms with Gasteiger partial charge < -0.3 is 9.67 Å². The van der Waals surface area contributed by atoms with Crippen molar-refractivity contribution >= 4 is 5.97 Å². The first-order chi connectivity index (χ1) is 7.58. The third kappa shape index (κ3) is 2.06. The number of nitrogens with zero attached hydrogens (tertiary/aromatic N) is 4. The van der Waals surface area contributed by atoms with Crippen LogP contribution in [0.15, 0.2) is 6.33 Å². The number of likely N-dealkylation sites (tertiary alicyclic amines) is 1. The van der Waals surface area contributed by atoms with Crippen LogP contribution < -0.4 is 0 Å². The van der Waals surface area contributed by atoms with Crippen LogP contribution in [0.4, 0.5) is 0 Å². The number of carbonyl (C=O) groups is 1. The number of aryl methyl sites for hydroxylation is 1. The molecule has 0 spiro atoms. The van der Waals surface area contributed by atoms with Crippen LogP contribution in [-0.2, 0) is 18.4 Å². The number of hydrogen-bond donors (Lipinski definition) is 1. The van der Waals surface area contributed by atoms with Gasteiger partial charge in [-0.2, -0.15) is 0 Å². The SMILES string of the molecule is C[C@@H]1CN(Cc2nncn2C)C[C@H]1C(=O)O. The van der Waals surface area contributed by atoms with E-state index in [1.807, 2.05) is 18.5 Å². The highest BCUT2D eigenvalue weighted by atomic mass is 16.4. The Labute approximate surface area is 93.9 Å². The molecule has 0 radical (unpaired) electrons. The second-order valence-electron chi connectivity index (χ2n) is 4.47. The van der Waals surface area contributed by atoms with Crippen molar-refractivity contribution in [3.05, 3.63) is 12.2 Å². The van der Waals surface area contributed by atoms with Crippen molar-refractivity contribution in [2.45, 2.75) is 13.5 Å². The molecule has 1 N–H and O–H groups in total. The Hall–Kier alpha value is -1.43. The van der Waals surface area contributed by atoms with E-state index in [9.17, 15) is 4.79 Å². The first-order valence-electron chi connectivity index (χ1n) is 5.36. The lowest BCUT2D eigenvalue weighted by atomic mass is 9.99. The third-order valence-electron chi connectivity index (χ3n) is 3.18.